The third-order valence-electron chi connectivity index (χ3n) is 3.60. The molecule has 1 unspecified atom stereocenters. The van der Waals surface area contributed by atoms with E-state index in [9.17, 15) is 18.0 Å². The maximum atomic E-state index is 12.8. The van der Waals surface area contributed by atoms with Gasteiger partial charge in [0, 0.05) is 13.1 Å². The van der Waals surface area contributed by atoms with Gasteiger partial charge in [-0.2, -0.15) is 13.2 Å². The van der Waals surface area contributed by atoms with Crippen molar-refractivity contribution in [1.29, 1.82) is 0 Å². The second-order valence-corrected chi connectivity index (χ2v) is 5.19. The van der Waals surface area contributed by atoms with Gasteiger partial charge in [-0.15, -0.1) is 0 Å². The molecule has 1 heterocycles. The fourth-order valence-electron chi connectivity index (χ4n) is 2.47. The summed E-state index contributed by atoms with van der Waals surface area (Å²) in [6, 6.07) is 6.33. The number of anilines is 1. The maximum absolute atomic E-state index is 12.8. The molecule has 1 aliphatic rings. The molecule has 0 aromatic heterocycles. The molecule has 1 fully saturated rings. The summed E-state index contributed by atoms with van der Waals surface area (Å²) in [5, 5.41) is 2.63. The van der Waals surface area contributed by atoms with Crippen LogP contribution in [-0.2, 0) is 0 Å². The molecule has 0 saturated carbocycles. The quantitative estimate of drug-likeness (QED) is 0.919. The first kappa shape index (κ1) is 16.5. The Morgan fingerprint density at radius 3 is 2.82 bits per heavy atom. The van der Waals surface area contributed by atoms with Crippen molar-refractivity contribution in [3.63, 3.8) is 0 Å². The average Bonchev–Trinajstić information content (AvgIpc) is 2.49. The van der Waals surface area contributed by atoms with Gasteiger partial charge in [0.2, 0.25) is 0 Å². The van der Waals surface area contributed by atoms with Crippen LogP contribution in [0.2, 0.25) is 0 Å². The molecule has 0 aliphatic carbocycles. The number of para-hydroxylation sites is 2. The number of alkyl halides is 3. The Balaban J connectivity index is 2.03. The van der Waals surface area contributed by atoms with Crippen molar-refractivity contribution >= 4 is 11.7 Å². The Kier molecular flexibility index (Phi) is 5.15. The molecule has 0 radical (unpaired) electrons. The van der Waals surface area contributed by atoms with E-state index in [4.69, 9.17) is 4.74 Å². The molecule has 1 atom stereocenters. The van der Waals surface area contributed by atoms with Gasteiger partial charge >= 0.3 is 12.2 Å². The normalized spacial score (nSPS) is 18.9. The van der Waals surface area contributed by atoms with Crippen LogP contribution in [0.5, 0.6) is 5.75 Å². The zero-order valence-electron chi connectivity index (χ0n) is 12.3. The predicted molar refractivity (Wildman–Crippen MR) is 77.0 cm³/mol. The number of carbonyl (C=O) groups is 1. The van der Waals surface area contributed by atoms with E-state index in [1.54, 1.807) is 24.3 Å². The summed E-state index contributed by atoms with van der Waals surface area (Å²) in [6.07, 6.45) is -3.84. The number of hydrogen-bond donors (Lipinski definition) is 1. The fourth-order valence-corrected chi connectivity index (χ4v) is 2.47. The van der Waals surface area contributed by atoms with Gasteiger partial charge in [-0.1, -0.05) is 12.1 Å². The highest BCUT2D eigenvalue weighted by molar-refractivity contribution is 5.91. The zero-order chi connectivity index (χ0) is 16.2. The molecular formula is C15H19F3N2O2. The van der Waals surface area contributed by atoms with Gasteiger partial charge in [0.1, 0.15) is 5.75 Å². The predicted octanol–water partition coefficient (Wildman–Crippen LogP) is 3.89. The van der Waals surface area contributed by atoms with Crippen LogP contribution in [-0.4, -0.2) is 36.8 Å². The SMILES string of the molecule is CCOc1ccccc1NC(=O)N1CCCC(C(F)(F)F)C1. The first-order valence-electron chi connectivity index (χ1n) is 7.26. The van der Waals surface area contributed by atoms with E-state index in [0.29, 0.717) is 31.0 Å². The third kappa shape index (κ3) is 4.05. The summed E-state index contributed by atoms with van der Waals surface area (Å²) in [4.78, 5) is 13.4. The number of halogens is 3. The van der Waals surface area contributed by atoms with Crippen LogP contribution >= 0.6 is 0 Å². The number of amides is 2. The number of urea groups is 1. The number of piperidine rings is 1. The lowest BCUT2D eigenvalue weighted by atomic mass is 9.98. The molecular weight excluding hydrogens is 297 g/mol. The number of likely N-dealkylation sites (tertiary alicyclic amines) is 1. The average molecular weight is 316 g/mol. The number of ether oxygens (including phenoxy) is 1. The molecule has 0 spiro atoms. The monoisotopic (exact) mass is 316 g/mol. The van der Waals surface area contributed by atoms with Gasteiger partial charge in [0.05, 0.1) is 18.2 Å². The zero-order valence-corrected chi connectivity index (χ0v) is 12.3. The van der Waals surface area contributed by atoms with Gasteiger partial charge in [-0.25, -0.2) is 4.79 Å². The maximum Gasteiger partial charge on any atom is 0.393 e. The van der Waals surface area contributed by atoms with Crippen LogP contribution in [0.15, 0.2) is 24.3 Å². The molecule has 1 N–H and O–H groups in total. The lowest BCUT2D eigenvalue weighted by molar-refractivity contribution is -0.183. The van der Waals surface area contributed by atoms with E-state index < -0.39 is 18.1 Å². The number of carbonyl (C=O) groups excluding carboxylic acids is 1. The Morgan fingerprint density at radius 1 is 1.41 bits per heavy atom. The highest BCUT2D eigenvalue weighted by Crippen LogP contribution is 2.33. The number of hydrogen-bond acceptors (Lipinski definition) is 2. The summed E-state index contributed by atoms with van der Waals surface area (Å²) in [7, 11) is 0. The standard InChI is InChI=1S/C15H19F3N2O2/c1-2-22-13-8-4-3-7-12(13)19-14(21)20-9-5-6-11(10-20)15(16,17)18/h3-4,7-8,11H,2,5-6,9-10H2,1H3,(H,19,21). The van der Waals surface area contributed by atoms with Crippen molar-refractivity contribution in [2.24, 2.45) is 5.92 Å². The molecule has 122 valence electrons. The van der Waals surface area contributed by atoms with Gasteiger partial charge in [0.15, 0.2) is 0 Å². The van der Waals surface area contributed by atoms with Crippen molar-refractivity contribution in [3.8, 4) is 5.75 Å². The second-order valence-electron chi connectivity index (χ2n) is 5.19. The molecule has 1 saturated heterocycles. The van der Waals surface area contributed by atoms with E-state index in [-0.39, 0.29) is 13.0 Å². The number of nitrogens with zero attached hydrogens (tertiary/aromatic N) is 1. The first-order valence-corrected chi connectivity index (χ1v) is 7.26. The lowest BCUT2D eigenvalue weighted by Crippen LogP contribution is -2.46. The number of benzene rings is 1. The van der Waals surface area contributed by atoms with Gasteiger partial charge < -0.3 is 15.0 Å². The molecule has 1 aliphatic heterocycles. The Hall–Kier alpha value is -1.92. The molecule has 1 aromatic rings. The highest BCUT2D eigenvalue weighted by atomic mass is 19.4. The molecule has 22 heavy (non-hydrogen) atoms. The summed E-state index contributed by atoms with van der Waals surface area (Å²) >= 11 is 0. The molecule has 2 amide bonds. The summed E-state index contributed by atoms with van der Waals surface area (Å²) < 4.78 is 43.8. The number of nitrogens with one attached hydrogen (secondary N) is 1. The molecule has 2 rings (SSSR count). The van der Waals surface area contributed by atoms with E-state index in [1.807, 2.05) is 6.92 Å². The van der Waals surface area contributed by atoms with Crippen molar-refractivity contribution in [2.45, 2.75) is 25.9 Å². The van der Waals surface area contributed by atoms with Crippen molar-refractivity contribution < 1.29 is 22.7 Å². The summed E-state index contributed by atoms with van der Waals surface area (Å²) in [5.41, 5.74) is 0.462. The Bertz CT molecular complexity index is 520. The summed E-state index contributed by atoms with van der Waals surface area (Å²) in [5.74, 6) is -0.947. The number of rotatable bonds is 3. The molecule has 7 heteroatoms. The van der Waals surface area contributed by atoms with Crippen LogP contribution in [0.1, 0.15) is 19.8 Å². The molecule has 1 aromatic carbocycles. The lowest BCUT2D eigenvalue weighted by Gasteiger charge is -2.33. The largest absolute Gasteiger partial charge is 0.492 e. The van der Waals surface area contributed by atoms with Gasteiger partial charge in [-0.3, -0.25) is 0 Å². The highest BCUT2D eigenvalue weighted by Gasteiger charge is 2.42. The van der Waals surface area contributed by atoms with Gasteiger partial charge in [0.25, 0.3) is 0 Å². The molecule has 4 nitrogen and oxygen atoms in total. The van der Waals surface area contributed by atoms with Crippen LogP contribution in [0.25, 0.3) is 0 Å². The smallest absolute Gasteiger partial charge is 0.393 e. The summed E-state index contributed by atoms with van der Waals surface area (Å²) in [6.45, 7) is 2.28. The van der Waals surface area contributed by atoms with E-state index >= 15 is 0 Å². The van der Waals surface area contributed by atoms with E-state index in [1.165, 1.54) is 4.90 Å². The topological polar surface area (TPSA) is 41.6 Å². The molecule has 0 bridgehead atoms. The fraction of sp³-hybridized carbons (Fsp3) is 0.533. The Morgan fingerprint density at radius 2 is 2.14 bits per heavy atom. The van der Waals surface area contributed by atoms with Crippen LogP contribution in [0, 0.1) is 5.92 Å². The minimum Gasteiger partial charge on any atom is -0.492 e. The minimum atomic E-state index is -4.26. The van der Waals surface area contributed by atoms with Crippen LogP contribution < -0.4 is 10.1 Å². The minimum absolute atomic E-state index is 0.0722. The Labute approximate surface area is 127 Å². The van der Waals surface area contributed by atoms with Crippen molar-refractivity contribution in [2.75, 3.05) is 25.0 Å². The van der Waals surface area contributed by atoms with Crippen LogP contribution in [0.4, 0.5) is 23.7 Å². The van der Waals surface area contributed by atoms with Gasteiger partial charge in [-0.05, 0) is 31.9 Å². The van der Waals surface area contributed by atoms with Crippen molar-refractivity contribution in [3.05, 3.63) is 24.3 Å². The first-order chi connectivity index (χ1) is 10.4. The van der Waals surface area contributed by atoms with E-state index in [0.717, 1.165) is 0 Å². The third-order valence-corrected chi connectivity index (χ3v) is 3.60. The second kappa shape index (κ2) is 6.89. The van der Waals surface area contributed by atoms with Crippen molar-refractivity contribution in [1.82, 2.24) is 4.90 Å². The van der Waals surface area contributed by atoms with E-state index in [2.05, 4.69) is 5.32 Å². The van der Waals surface area contributed by atoms with Crippen LogP contribution in [0.3, 0.4) is 0 Å².